The van der Waals surface area contributed by atoms with Gasteiger partial charge in [-0.1, -0.05) is 50.1 Å². The van der Waals surface area contributed by atoms with Gasteiger partial charge in [-0.3, -0.25) is 10.0 Å². The van der Waals surface area contributed by atoms with Crippen LogP contribution in [-0.2, 0) is 0 Å². The van der Waals surface area contributed by atoms with Gasteiger partial charge in [-0.25, -0.2) is 5.06 Å². The number of carbonyl (C=O) groups excluding carboxylic acids is 1. The van der Waals surface area contributed by atoms with Gasteiger partial charge < -0.3 is 0 Å². The average molecular weight is 233 g/mol. The lowest BCUT2D eigenvalue weighted by atomic mass is 10.1. The molecular weight excluding hydrogens is 214 g/mol. The minimum Gasteiger partial charge on any atom is -0.286 e. The third kappa shape index (κ3) is 4.04. The highest BCUT2D eigenvalue weighted by Crippen LogP contribution is 2.13. The maximum Gasteiger partial charge on any atom is 0.277 e. The second kappa shape index (κ2) is 6.86. The molecule has 0 aromatic heterocycles. The molecule has 0 aliphatic rings. The van der Waals surface area contributed by atoms with Crippen molar-refractivity contribution in [2.45, 2.75) is 26.2 Å². The minimum absolute atomic E-state index is 0.388. The lowest BCUT2D eigenvalue weighted by molar-refractivity contribution is -0.0375. The van der Waals surface area contributed by atoms with Crippen LogP contribution in [0.15, 0.2) is 30.3 Å². The number of allylic oxidation sites excluding steroid dienone is 1. The Morgan fingerprint density at radius 3 is 2.76 bits per heavy atom. The highest BCUT2D eigenvalue weighted by atomic mass is 16.5. The number of unbranched alkanes of at least 4 members (excludes halogenated alkanes) is 2. The van der Waals surface area contributed by atoms with Crippen LogP contribution in [0.4, 0.5) is 0 Å². The summed E-state index contributed by atoms with van der Waals surface area (Å²) in [4.78, 5) is 11.7. The second-order valence-electron chi connectivity index (χ2n) is 3.96. The quantitative estimate of drug-likeness (QED) is 0.481. The van der Waals surface area contributed by atoms with Crippen LogP contribution in [0.2, 0.25) is 0 Å². The van der Waals surface area contributed by atoms with Gasteiger partial charge in [0.25, 0.3) is 5.91 Å². The molecule has 92 valence electrons. The van der Waals surface area contributed by atoms with E-state index in [1.54, 1.807) is 12.1 Å². The van der Waals surface area contributed by atoms with E-state index in [0.717, 1.165) is 24.8 Å². The molecule has 0 radical (unpaired) electrons. The van der Waals surface area contributed by atoms with Gasteiger partial charge in [-0.2, -0.15) is 0 Å². The molecule has 0 atom stereocenters. The van der Waals surface area contributed by atoms with Gasteiger partial charge in [0.2, 0.25) is 0 Å². The number of rotatable bonds is 5. The van der Waals surface area contributed by atoms with E-state index in [9.17, 15) is 4.79 Å². The summed E-state index contributed by atoms with van der Waals surface area (Å²) in [7, 11) is 1.33. The number of hydrogen-bond donors (Lipinski definition) is 1. The maximum absolute atomic E-state index is 11.7. The fourth-order valence-corrected chi connectivity index (χ4v) is 1.54. The van der Waals surface area contributed by atoms with E-state index < -0.39 is 0 Å². The lowest BCUT2D eigenvalue weighted by Crippen LogP contribution is -2.23. The fraction of sp³-hybridized carbons (Fsp3) is 0.357. The van der Waals surface area contributed by atoms with E-state index in [4.69, 9.17) is 5.21 Å². The topological polar surface area (TPSA) is 40.5 Å². The van der Waals surface area contributed by atoms with Crippen LogP contribution >= 0.6 is 0 Å². The Labute approximate surface area is 102 Å². The number of benzene rings is 1. The third-order valence-corrected chi connectivity index (χ3v) is 2.51. The molecule has 0 fully saturated rings. The number of nitrogens with zero attached hydrogens (tertiary/aromatic N) is 1. The van der Waals surface area contributed by atoms with Crippen molar-refractivity contribution in [1.29, 1.82) is 0 Å². The molecule has 17 heavy (non-hydrogen) atoms. The molecule has 0 bridgehead atoms. The van der Waals surface area contributed by atoms with Crippen LogP contribution in [-0.4, -0.2) is 23.2 Å². The first-order chi connectivity index (χ1) is 8.16. The normalized spacial score (nSPS) is 10.8. The minimum atomic E-state index is -0.388. The van der Waals surface area contributed by atoms with Gasteiger partial charge in [0.05, 0.1) is 0 Å². The van der Waals surface area contributed by atoms with Gasteiger partial charge in [0.1, 0.15) is 0 Å². The third-order valence-electron chi connectivity index (χ3n) is 2.51. The predicted octanol–water partition coefficient (Wildman–Crippen LogP) is 3.35. The molecule has 0 aliphatic heterocycles. The van der Waals surface area contributed by atoms with Crippen molar-refractivity contribution < 1.29 is 10.0 Å². The van der Waals surface area contributed by atoms with Crippen molar-refractivity contribution in [3.05, 3.63) is 41.5 Å². The molecule has 0 heterocycles. The summed E-state index contributed by atoms with van der Waals surface area (Å²) < 4.78 is 0. The van der Waals surface area contributed by atoms with Gasteiger partial charge in [-0.05, 0) is 18.1 Å². The zero-order chi connectivity index (χ0) is 12.7. The number of hydrogen-bond acceptors (Lipinski definition) is 2. The van der Waals surface area contributed by atoms with Crippen LogP contribution in [0.1, 0.15) is 42.1 Å². The monoisotopic (exact) mass is 233 g/mol. The first-order valence-corrected chi connectivity index (χ1v) is 5.89. The molecule has 1 aromatic rings. The number of hydroxylamine groups is 2. The highest BCUT2D eigenvalue weighted by molar-refractivity contribution is 5.96. The van der Waals surface area contributed by atoms with E-state index in [1.807, 2.05) is 18.2 Å². The molecule has 3 heteroatoms. The molecule has 3 nitrogen and oxygen atoms in total. The van der Waals surface area contributed by atoms with Crippen molar-refractivity contribution >= 4 is 12.0 Å². The van der Waals surface area contributed by atoms with Gasteiger partial charge >= 0.3 is 0 Å². The van der Waals surface area contributed by atoms with Crippen LogP contribution in [0.3, 0.4) is 0 Å². The lowest BCUT2D eigenvalue weighted by Gasteiger charge is -2.10. The average Bonchev–Trinajstić information content (AvgIpc) is 2.34. The molecule has 1 rings (SSSR count). The Balaban J connectivity index is 2.85. The van der Waals surface area contributed by atoms with Crippen molar-refractivity contribution in [2.75, 3.05) is 7.05 Å². The SMILES string of the molecule is CCCC/C=C/c1ccccc1C(=O)N(C)O. The smallest absolute Gasteiger partial charge is 0.277 e. The summed E-state index contributed by atoms with van der Waals surface area (Å²) in [5.74, 6) is -0.388. The van der Waals surface area contributed by atoms with Gasteiger partial charge in [0.15, 0.2) is 0 Å². The van der Waals surface area contributed by atoms with E-state index in [1.165, 1.54) is 7.05 Å². The highest BCUT2D eigenvalue weighted by Gasteiger charge is 2.11. The standard InChI is InChI=1S/C14H19NO2/c1-3-4-5-6-9-12-10-7-8-11-13(12)14(16)15(2)17/h6-11,17H,3-5H2,1-2H3/b9-6+. The first kappa shape index (κ1) is 13.5. The molecule has 0 spiro atoms. The number of carbonyl (C=O) groups is 1. The Bertz CT molecular complexity index is 397. The molecule has 0 unspecified atom stereocenters. The summed E-state index contributed by atoms with van der Waals surface area (Å²) in [5, 5.41) is 9.78. The molecule has 1 aromatic carbocycles. The Kier molecular flexibility index (Phi) is 5.43. The van der Waals surface area contributed by atoms with E-state index in [-0.39, 0.29) is 5.91 Å². The molecule has 0 saturated heterocycles. The largest absolute Gasteiger partial charge is 0.286 e. The van der Waals surface area contributed by atoms with Crippen LogP contribution < -0.4 is 0 Å². The van der Waals surface area contributed by atoms with E-state index in [0.29, 0.717) is 10.6 Å². The summed E-state index contributed by atoms with van der Waals surface area (Å²) in [5.41, 5.74) is 1.36. The number of amides is 1. The second-order valence-corrected chi connectivity index (χ2v) is 3.96. The fourth-order valence-electron chi connectivity index (χ4n) is 1.54. The Morgan fingerprint density at radius 1 is 1.41 bits per heavy atom. The summed E-state index contributed by atoms with van der Waals surface area (Å²) >= 11 is 0. The van der Waals surface area contributed by atoms with Gasteiger partial charge in [0, 0.05) is 12.6 Å². The summed E-state index contributed by atoms with van der Waals surface area (Å²) in [6.45, 7) is 2.14. The molecule has 1 amide bonds. The zero-order valence-corrected chi connectivity index (χ0v) is 10.4. The Morgan fingerprint density at radius 2 is 2.12 bits per heavy atom. The molecular formula is C14H19NO2. The molecule has 0 saturated carbocycles. The van der Waals surface area contributed by atoms with Crippen LogP contribution in [0, 0.1) is 0 Å². The van der Waals surface area contributed by atoms with Crippen LogP contribution in [0.5, 0.6) is 0 Å². The van der Waals surface area contributed by atoms with Crippen molar-refractivity contribution in [3.8, 4) is 0 Å². The van der Waals surface area contributed by atoms with Gasteiger partial charge in [-0.15, -0.1) is 0 Å². The van der Waals surface area contributed by atoms with Crippen molar-refractivity contribution in [1.82, 2.24) is 5.06 Å². The maximum atomic E-state index is 11.7. The molecule has 0 aliphatic carbocycles. The zero-order valence-electron chi connectivity index (χ0n) is 10.4. The van der Waals surface area contributed by atoms with E-state index in [2.05, 4.69) is 13.0 Å². The molecule has 1 N–H and O–H groups in total. The Hall–Kier alpha value is -1.61. The first-order valence-electron chi connectivity index (χ1n) is 5.89. The van der Waals surface area contributed by atoms with Crippen LogP contribution in [0.25, 0.3) is 6.08 Å². The summed E-state index contributed by atoms with van der Waals surface area (Å²) in [6.07, 6.45) is 7.31. The van der Waals surface area contributed by atoms with E-state index >= 15 is 0 Å². The predicted molar refractivity (Wildman–Crippen MR) is 68.9 cm³/mol. The van der Waals surface area contributed by atoms with Crippen molar-refractivity contribution in [3.63, 3.8) is 0 Å². The van der Waals surface area contributed by atoms with Crippen molar-refractivity contribution in [2.24, 2.45) is 0 Å². The summed E-state index contributed by atoms with van der Waals surface area (Å²) in [6, 6.07) is 7.27.